The van der Waals surface area contributed by atoms with E-state index in [1.165, 1.54) is 21.3 Å². The predicted octanol–water partition coefficient (Wildman–Crippen LogP) is -1.90. The summed E-state index contributed by atoms with van der Waals surface area (Å²) in [5.74, 6) is -2.60. The van der Waals surface area contributed by atoms with Crippen LogP contribution in [0.2, 0.25) is 0 Å². The minimum atomic E-state index is -2.19. The van der Waals surface area contributed by atoms with Crippen LogP contribution in [-0.4, -0.2) is 138 Å². The maximum Gasteiger partial charge on any atom is 0.334 e. The van der Waals surface area contributed by atoms with Crippen LogP contribution in [0.25, 0.3) is 0 Å². The van der Waals surface area contributed by atoms with Crippen molar-refractivity contribution in [2.45, 2.75) is 107 Å². The van der Waals surface area contributed by atoms with Gasteiger partial charge >= 0.3 is 11.9 Å². The molecule has 2 aliphatic carbocycles. The molecule has 0 aromatic rings. The molecule has 1 saturated carbocycles. The smallest absolute Gasteiger partial charge is 0.334 e. The van der Waals surface area contributed by atoms with Crippen LogP contribution in [0.1, 0.15) is 39.5 Å². The zero-order valence-corrected chi connectivity index (χ0v) is 25.4. The maximum absolute atomic E-state index is 13.9. The molecule has 5 rings (SSSR count). The number of ether oxygens (including phenoxy) is 7. The standard InChI is InChI=1S/C29H44O15/c1-27-10-17(29(37)21(34)25(39-4)44-26(29)40-5)42-23(36)13(27)9-16(28(2)12(22(35)38-3)7-6-8-15(27)28)43-24-20(33)19(32)18(31)14(11-30)41-24/h7,13-21,24-26,30-34,37H,6,8-11H2,1-5H3/t13-,14+,15+,16+,17+,18+,19-,20+,21+,24-,25-,26-,27+,28+,29+/m0/s1. The molecule has 44 heavy (non-hydrogen) atoms. The number of carbonyl (C=O) groups excluding carboxylic acids is 2. The van der Waals surface area contributed by atoms with Gasteiger partial charge in [-0.1, -0.05) is 19.9 Å². The largest absolute Gasteiger partial charge is 0.466 e. The molecule has 0 bridgehead atoms. The van der Waals surface area contributed by atoms with Crippen molar-refractivity contribution in [3.8, 4) is 0 Å². The Morgan fingerprint density at radius 1 is 1.02 bits per heavy atom. The number of methoxy groups -OCH3 is 3. The Labute approximate surface area is 254 Å². The highest BCUT2D eigenvalue weighted by Gasteiger charge is 2.70. The minimum absolute atomic E-state index is 0.0235. The zero-order chi connectivity index (χ0) is 32.4. The SMILES string of the molecule is COC(=O)C1=CCC[C@@H]2[C@]3(C)C[C@H]([C@]4(O)[C@@H](OC)O[C@H](OC)[C@H]4O)OC(=O)[C@@H]3C[C@@H](O[C@@H]3O[C@H](CO)[C@@H](O)[C@H](O)[C@H]3O)[C@]12C. The molecule has 6 N–H and O–H groups in total. The van der Waals surface area contributed by atoms with Crippen molar-refractivity contribution in [3.05, 3.63) is 11.6 Å². The number of aliphatic hydroxyl groups is 6. The third-order valence-corrected chi connectivity index (χ3v) is 10.9. The van der Waals surface area contributed by atoms with E-state index in [0.29, 0.717) is 12.8 Å². The van der Waals surface area contributed by atoms with Crippen molar-refractivity contribution in [2.24, 2.45) is 22.7 Å². The maximum atomic E-state index is 13.9. The first kappa shape index (κ1) is 33.6. The van der Waals surface area contributed by atoms with Crippen LogP contribution < -0.4 is 0 Å². The minimum Gasteiger partial charge on any atom is -0.466 e. The summed E-state index contributed by atoms with van der Waals surface area (Å²) in [6.45, 7) is 3.01. The van der Waals surface area contributed by atoms with E-state index in [1.807, 2.05) is 6.92 Å². The summed E-state index contributed by atoms with van der Waals surface area (Å²) >= 11 is 0. The number of rotatable bonds is 7. The zero-order valence-electron chi connectivity index (χ0n) is 25.4. The highest BCUT2D eigenvalue weighted by atomic mass is 16.8. The first-order valence-electron chi connectivity index (χ1n) is 14.8. The molecule has 15 heteroatoms. The molecule has 15 nitrogen and oxygen atoms in total. The Bertz CT molecular complexity index is 1130. The molecule has 3 aliphatic heterocycles. The van der Waals surface area contributed by atoms with E-state index in [4.69, 9.17) is 33.2 Å². The van der Waals surface area contributed by atoms with E-state index < -0.39 is 108 Å². The van der Waals surface area contributed by atoms with Gasteiger partial charge in [0.05, 0.1) is 25.7 Å². The van der Waals surface area contributed by atoms with Crippen LogP contribution in [-0.2, 0) is 42.7 Å². The molecule has 3 saturated heterocycles. The number of fused-ring (bicyclic) bond motifs is 3. The molecule has 4 fully saturated rings. The number of allylic oxidation sites excluding steroid dienone is 1. The lowest BCUT2D eigenvalue weighted by atomic mass is 9.44. The van der Waals surface area contributed by atoms with Crippen molar-refractivity contribution in [1.82, 2.24) is 0 Å². The molecule has 250 valence electrons. The van der Waals surface area contributed by atoms with Gasteiger partial charge < -0.3 is 63.8 Å². The fourth-order valence-corrected chi connectivity index (χ4v) is 8.44. The first-order valence-corrected chi connectivity index (χ1v) is 14.8. The summed E-state index contributed by atoms with van der Waals surface area (Å²) in [4.78, 5) is 27.1. The number of aliphatic hydroxyl groups excluding tert-OH is 5. The molecular weight excluding hydrogens is 588 g/mol. The van der Waals surface area contributed by atoms with E-state index in [2.05, 4.69) is 0 Å². The highest BCUT2D eigenvalue weighted by Crippen LogP contribution is 2.65. The molecule has 5 aliphatic rings. The van der Waals surface area contributed by atoms with Gasteiger partial charge in [0.1, 0.15) is 36.6 Å². The van der Waals surface area contributed by atoms with Crippen molar-refractivity contribution < 1.29 is 73.4 Å². The summed E-state index contributed by atoms with van der Waals surface area (Å²) in [6.07, 6.45) is -11.5. The van der Waals surface area contributed by atoms with Crippen LogP contribution in [0.3, 0.4) is 0 Å². The van der Waals surface area contributed by atoms with E-state index >= 15 is 0 Å². The van der Waals surface area contributed by atoms with Gasteiger partial charge in [0.15, 0.2) is 24.5 Å². The van der Waals surface area contributed by atoms with Crippen LogP contribution in [0.4, 0.5) is 0 Å². The molecule has 0 unspecified atom stereocenters. The Morgan fingerprint density at radius 2 is 1.73 bits per heavy atom. The molecule has 15 atom stereocenters. The van der Waals surface area contributed by atoms with Gasteiger partial charge in [-0.05, 0) is 37.0 Å². The number of esters is 2. The van der Waals surface area contributed by atoms with Crippen LogP contribution in [0.5, 0.6) is 0 Å². The summed E-state index contributed by atoms with van der Waals surface area (Å²) in [6, 6.07) is 0. The van der Waals surface area contributed by atoms with Crippen molar-refractivity contribution >= 4 is 11.9 Å². The summed E-state index contributed by atoms with van der Waals surface area (Å²) in [7, 11) is 3.82. The second kappa shape index (κ2) is 12.1. The lowest BCUT2D eigenvalue weighted by Crippen LogP contribution is -2.68. The number of carbonyl (C=O) groups is 2. The fraction of sp³-hybridized carbons (Fsp3) is 0.862. The molecule has 0 spiro atoms. The molecule has 0 aromatic carbocycles. The third kappa shape index (κ3) is 4.83. The Balaban J connectivity index is 1.54. The highest BCUT2D eigenvalue weighted by molar-refractivity contribution is 5.90. The van der Waals surface area contributed by atoms with Gasteiger partial charge in [0, 0.05) is 25.2 Å². The van der Waals surface area contributed by atoms with Gasteiger partial charge in [-0.3, -0.25) is 4.79 Å². The molecular formula is C29H44O15. The molecule has 0 aromatic heterocycles. The van der Waals surface area contributed by atoms with Crippen LogP contribution in [0, 0.1) is 22.7 Å². The van der Waals surface area contributed by atoms with Crippen molar-refractivity contribution in [3.63, 3.8) is 0 Å². The second-order valence-electron chi connectivity index (χ2n) is 12.9. The Kier molecular flexibility index (Phi) is 9.25. The topological polar surface area (TPSA) is 220 Å². The van der Waals surface area contributed by atoms with E-state index in [0.717, 1.165) is 0 Å². The van der Waals surface area contributed by atoms with Gasteiger partial charge in [-0.15, -0.1) is 0 Å². The lowest BCUT2D eigenvalue weighted by molar-refractivity contribution is -0.330. The van der Waals surface area contributed by atoms with Gasteiger partial charge in [0.25, 0.3) is 0 Å². The average molecular weight is 633 g/mol. The average Bonchev–Trinajstić information content (AvgIpc) is 3.26. The van der Waals surface area contributed by atoms with E-state index in [1.54, 1.807) is 13.0 Å². The summed E-state index contributed by atoms with van der Waals surface area (Å²) in [5, 5.41) is 64.0. The summed E-state index contributed by atoms with van der Waals surface area (Å²) in [5.41, 5.74) is -3.98. The van der Waals surface area contributed by atoms with Crippen LogP contribution in [0.15, 0.2) is 11.6 Å². The van der Waals surface area contributed by atoms with Crippen LogP contribution >= 0.6 is 0 Å². The van der Waals surface area contributed by atoms with E-state index in [-0.39, 0.29) is 18.4 Å². The molecule has 0 radical (unpaired) electrons. The molecule has 3 heterocycles. The number of hydrogen-bond acceptors (Lipinski definition) is 15. The summed E-state index contributed by atoms with van der Waals surface area (Å²) < 4.78 is 39.0. The predicted molar refractivity (Wildman–Crippen MR) is 144 cm³/mol. The van der Waals surface area contributed by atoms with Crippen molar-refractivity contribution in [1.29, 1.82) is 0 Å². The number of hydrogen-bond donors (Lipinski definition) is 6. The molecule has 0 amide bonds. The Hall–Kier alpha value is -1.76. The van der Waals surface area contributed by atoms with Gasteiger partial charge in [-0.2, -0.15) is 0 Å². The number of cyclic esters (lactones) is 1. The quantitative estimate of drug-likeness (QED) is 0.169. The monoisotopic (exact) mass is 632 g/mol. The third-order valence-electron chi connectivity index (χ3n) is 10.9. The first-order chi connectivity index (χ1) is 20.7. The Morgan fingerprint density at radius 3 is 2.34 bits per heavy atom. The normalized spacial score (nSPS) is 50.7. The van der Waals surface area contributed by atoms with E-state index in [9.17, 15) is 40.2 Å². The second-order valence-corrected chi connectivity index (χ2v) is 12.9. The van der Waals surface area contributed by atoms with Gasteiger partial charge in [0.2, 0.25) is 0 Å². The lowest BCUT2D eigenvalue weighted by Gasteiger charge is -2.63. The van der Waals surface area contributed by atoms with Crippen molar-refractivity contribution in [2.75, 3.05) is 27.9 Å². The fourth-order valence-electron chi connectivity index (χ4n) is 8.44. The van der Waals surface area contributed by atoms with Gasteiger partial charge in [-0.25, -0.2) is 4.79 Å².